The van der Waals surface area contributed by atoms with E-state index in [9.17, 15) is 13.2 Å². The molecule has 170 valence electrons. The van der Waals surface area contributed by atoms with Gasteiger partial charge in [-0.1, -0.05) is 6.07 Å². The first-order valence-electron chi connectivity index (χ1n) is 9.69. The Hall–Kier alpha value is -2.94. The molecule has 9 heteroatoms. The van der Waals surface area contributed by atoms with Gasteiger partial charge in [0.15, 0.2) is 0 Å². The van der Waals surface area contributed by atoms with Gasteiger partial charge in [-0.15, -0.1) is 0 Å². The maximum absolute atomic E-state index is 13.1. The zero-order valence-electron chi connectivity index (χ0n) is 18.9. The van der Waals surface area contributed by atoms with Crippen molar-refractivity contribution in [3.05, 3.63) is 47.5 Å². The Bertz CT molecular complexity index is 1040. The van der Waals surface area contributed by atoms with Gasteiger partial charge in [0.25, 0.3) is 0 Å². The van der Waals surface area contributed by atoms with Crippen LogP contribution in [0, 0.1) is 6.92 Å². The summed E-state index contributed by atoms with van der Waals surface area (Å²) in [4.78, 5) is 13.1. The van der Waals surface area contributed by atoms with Crippen LogP contribution in [-0.4, -0.2) is 48.0 Å². The van der Waals surface area contributed by atoms with Crippen molar-refractivity contribution in [2.75, 3.05) is 31.9 Å². The van der Waals surface area contributed by atoms with Gasteiger partial charge in [0, 0.05) is 5.56 Å². The van der Waals surface area contributed by atoms with Gasteiger partial charge in [-0.3, -0.25) is 9.10 Å². The largest absolute Gasteiger partial charge is 0.497 e. The fourth-order valence-corrected chi connectivity index (χ4v) is 4.51. The van der Waals surface area contributed by atoms with E-state index < -0.39 is 28.0 Å². The molecule has 0 unspecified atom stereocenters. The molecule has 2 aromatic carbocycles. The average molecular weight is 451 g/mol. The number of nitrogens with one attached hydrogen (secondary N) is 1. The number of benzene rings is 2. The third kappa shape index (κ3) is 5.61. The van der Waals surface area contributed by atoms with Crippen LogP contribution in [0.2, 0.25) is 0 Å². The molecule has 0 fully saturated rings. The Kier molecular flexibility index (Phi) is 7.78. The second kappa shape index (κ2) is 9.91. The Balaban J connectivity index is 2.38. The van der Waals surface area contributed by atoms with Gasteiger partial charge in [0.05, 0.1) is 39.3 Å². The van der Waals surface area contributed by atoms with E-state index in [1.54, 1.807) is 44.4 Å². The van der Waals surface area contributed by atoms with Crippen LogP contribution in [-0.2, 0) is 14.8 Å². The highest BCUT2D eigenvalue weighted by Gasteiger charge is 2.32. The molecular weight excluding hydrogens is 420 g/mol. The lowest BCUT2D eigenvalue weighted by atomic mass is 10.1. The molecule has 0 saturated heterocycles. The number of ether oxygens (including phenoxy) is 3. The molecule has 0 aliphatic carbocycles. The standard InChI is InChI=1S/C22H30N2O6S/c1-14-8-10-21(30-6)19(12-14)24(31(7,26)27)16(3)22(25)23-15(2)18-13-17(28-4)9-11-20(18)29-5/h8-13,15-16H,1-7H3,(H,23,25)/t15-,16+/m1/s1. The van der Waals surface area contributed by atoms with E-state index in [1.807, 2.05) is 13.0 Å². The zero-order chi connectivity index (χ0) is 23.3. The number of sulfonamides is 1. The lowest BCUT2D eigenvalue weighted by molar-refractivity contribution is -0.122. The molecule has 2 atom stereocenters. The summed E-state index contributed by atoms with van der Waals surface area (Å²) in [5.74, 6) is 1.10. The summed E-state index contributed by atoms with van der Waals surface area (Å²) >= 11 is 0. The van der Waals surface area contributed by atoms with Crippen LogP contribution in [0.5, 0.6) is 17.2 Å². The topological polar surface area (TPSA) is 94.2 Å². The van der Waals surface area contributed by atoms with Crippen molar-refractivity contribution in [2.24, 2.45) is 0 Å². The molecule has 8 nitrogen and oxygen atoms in total. The van der Waals surface area contributed by atoms with Crippen LogP contribution in [0.1, 0.15) is 31.0 Å². The summed E-state index contributed by atoms with van der Waals surface area (Å²) in [5.41, 5.74) is 1.85. The van der Waals surface area contributed by atoms with Gasteiger partial charge in [-0.25, -0.2) is 8.42 Å². The fourth-order valence-electron chi connectivity index (χ4n) is 3.34. The minimum absolute atomic E-state index is 0.305. The molecule has 0 saturated carbocycles. The van der Waals surface area contributed by atoms with Crippen LogP contribution < -0.4 is 23.8 Å². The van der Waals surface area contributed by atoms with Crippen LogP contribution >= 0.6 is 0 Å². The number of carbonyl (C=O) groups excluding carboxylic acids is 1. The molecule has 31 heavy (non-hydrogen) atoms. The van der Waals surface area contributed by atoms with Crippen molar-refractivity contribution in [3.8, 4) is 17.2 Å². The number of rotatable bonds is 9. The third-order valence-electron chi connectivity index (χ3n) is 4.92. The van der Waals surface area contributed by atoms with Crippen LogP contribution in [0.25, 0.3) is 0 Å². The number of aryl methyl sites for hydroxylation is 1. The Labute approximate surface area is 184 Å². The van der Waals surface area contributed by atoms with E-state index in [0.717, 1.165) is 16.1 Å². The monoisotopic (exact) mass is 450 g/mol. The summed E-state index contributed by atoms with van der Waals surface area (Å²) in [6.07, 6.45) is 1.06. The van der Waals surface area contributed by atoms with Crippen molar-refractivity contribution in [1.82, 2.24) is 5.32 Å². The number of hydrogen-bond acceptors (Lipinski definition) is 6. The lowest BCUT2D eigenvalue weighted by Gasteiger charge is -2.30. The fraction of sp³-hybridized carbons (Fsp3) is 0.409. The van der Waals surface area contributed by atoms with Crippen molar-refractivity contribution in [2.45, 2.75) is 32.9 Å². The number of hydrogen-bond donors (Lipinski definition) is 1. The molecule has 2 aromatic rings. The highest BCUT2D eigenvalue weighted by molar-refractivity contribution is 7.92. The molecule has 0 radical (unpaired) electrons. The molecule has 1 N–H and O–H groups in total. The summed E-state index contributed by atoms with van der Waals surface area (Å²) in [6, 6.07) is 8.97. The molecule has 2 rings (SSSR count). The average Bonchev–Trinajstić information content (AvgIpc) is 2.72. The predicted molar refractivity (Wildman–Crippen MR) is 121 cm³/mol. The lowest BCUT2D eigenvalue weighted by Crippen LogP contribution is -2.48. The zero-order valence-corrected chi connectivity index (χ0v) is 19.7. The summed E-state index contributed by atoms with van der Waals surface area (Å²) < 4.78 is 42.4. The number of amides is 1. The molecule has 0 heterocycles. The maximum atomic E-state index is 13.1. The first-order valence-corrected chi connectivity index (χ1v) is 11.5. The summed E-state index contributed by atoms with van der Waals surface area (Å²) in [7, 11) is 0.758. The van der Waals surface area contributed by atoms with Crippen molar-refractivity contribution < 1.29 is 27.4 Å². The van der Waals surface area contributed by atoms with E-state index in [-0.39, 0.29) is 0 Å². The van der Waals surface area contributed by atoms with E-state index >= 15 is 0 Å². The summed E-state index contributed by atoms with van der Waals surface area (Å²) in [6.45, 7) is 5.17. The number of carbonyl (C=O) groups is 1. The van der Waals surface area contributed by atoms with E-state index in [0.29, 0.717) is 28.5 Å². The van der Waals surface area contributed by atoms with Crippen molar-refractivity contribution in [1.29, 1.82) is 0 Å². The number of nitrogens with zero attached hydrogens (tertiary/aromatic N) is 1. The van der Waals surface area contributed by atoms with Crippen LogP contribution in [0.15, 0.2) is 36.4 Å². The third-order valence-corrected chi connectivity index (χ3v) is 6.15. The Morgan fingerprint density at radius 2 is 1.58 bits per heavy atom. The van der Waals surface area contributed by atoms with Gasteiger partial charge in [-0.2, -0.15) is 0 Å². The van der Waals surface area contributed by atoms with Gasteiger partial charge < -0.3 is 19.5 Å². The Morgan fingerprint density at radius 3 is 2.13 bits per heavy atom. The molecule has 0 aliphatic heterocycles. The van der Waals surface area contributed by atoms with Gasteiger partial charge in [0.1, 0.15) is 23.3 Å². The van der Waals surface area contributed by atoms with Gasteiger partial charge in [0.2, 0.25) is 15.9 Å². The molecular formula is C22H30N2O6S. The van der Waals surface area contributed by atoms with E-state index in [2.05, 4.69) is 5.32 Å². The highest BCUT2D eigenvalue weighted by Crippen LogP contribution is 2.33. The smallest absolute Gasteiger partial charge is 0.244 e. The quantitative estimate of drug-likeness (QED) is 0.631. The SMILES string of the molecule is COc1ccc(OC)c([C@@H](C)NC(=O)[C@H](C)N(c2cc(C)ccc2OC)S(C)(=O)=O)c1. The minimum Gasteiger partial charge on any atom is -0.497 e. The van der Waals surface area contributed by atoms with Crippen LogP contribution in [0.3, 0.4) is 0 Å². The predicted octanol–water partition coefficient (Wildman–Crippen LogP) is 3.05. The first-order chi connectivity index (χ1) is 14.5. The number of methoxy groups -OCH3 is 3. The normalized spacial score (nSPS) is 13.1. The molecule has 0 aromatic heterocycles. The highest BCUT2D eigenvalue weighted by atomic mass is 32.2. The van der Waals surface area contributed by atoms with Gasteiger partial charge in [-0.05, 0) is 56.7 Å². The maximum Gasteiger partial charge on any atom is 0.244 e. The molecule has 0 bridgehead atoms. The minimum atomic E-state index is -3.79. The second-order valence-electron chi connectivity index (χ2n) is 7.25. The van der Waals surface area contributed by atoms with Crippen molar-refractivity contribution >= 4 is 21.6 Å². The van der Waals surface area contributed by atoms with E-state index in [1.165, 1.54) is 21.1 Å². The van der Waals surface area contributed by atoms with Crippen LogP contribution in [0.4, 0.5) is 5.69 Å². The van der Waals surface area contributed by atoms with Crippen molar-refractivity contribution in [3.63, 3.8) is 0 Å². The number of anilines is 1. The second-order valence-corrected chi connectivity index (χ2v) is 9.11. The molecule has 0 aliphatic rings. The van der Waals surface area contributed by atoms with E-state index in [4.69, 9.17) is 14.2 Å². The Morgan fingerprint density at radius 1 is 0.968 bits per heavy atom. The molecule has 0 spiro atoms. The molecule has 1 amide bonds. The summed E-state index contributed by atoms with van der Waals surface area (Å²) in [5, 5.41) is 2.87. The first kappa shape index (κ1) is 24.3. The van der Waals surface area contributed by atoms with Gasteiger partial charge >= 0.3 is 0 Å².